The van der Waals surface area contributed by atoms with Gasteiger partial charge in [0, 0.05) is 38.7 Å². The van der Waals surface area contributed by atoms with E-state index in [1.807, 2.05) is 18.2 Å². The maximum absolute atomic E-state index is 5.36. The third-order valence-corrected chi connectivity index (χ3v) is 9.74. The minimum absolute atomic E-state index is 0.703. The summed E-state index contributed by atoms with van der Waals surface area (Å²) in [6.45, 7) is 0. The SMILES string of the molecule is c1ccc(-c2ccc(-n3c4ccccc4c4cc(-c5nc(-c6ccccc6)nc6c5c5ccccc5n6-c5ccccc5)ccc43)cc2)cc1. The molecule has 0 aliphatic rings. The zero-order valence-electron chi connectivity index (χ0n) is 27.1. The molecule has 0 bridgehead atoms. The maximum Gasteiger partial charge on any atom is 0.162 e. The highest BCUT2D eigenvalue weighted by atomic mass is 15.1. The lowest BCUT2D eigenvalue weighted by atomic mass is 10.0. The van der Waals surface area contributed by atoms with E-state index in [1.54, 1.807) is 0 Å². The highest BCUT2D eigenvalue weighted by molar-refractivity contribution is 6.16. The monoisotopic (exact) mass is 638 g/mol. The molecule has 10 aromatic rings. The largest absolute Gasteiger partial charge is 0.309 e. The molecule has 0 saturated carbocycles. The van der Waals surface area contributed by atoms with Crippen LogP contribution in [0.5, 0.6) is 0 Å². The van der Waals surface area contributed by atoms with Gasteiger partial charge in [-0.25, -0.2) is 9.97 Å². The minimum Gasteiger partial charge on any atom is -0.309 e. The number of para-hydroxylation sites is 3. The van der Waals surface area contributed by atoms with Gasteiger partial charge in [0.2, 0.25) is 0 Å². The summed E-state index contributed by atoms with van der Waals surface area (Å²) in [7, 11) is 0. The highest BCUT2D eigenvalue weighted by Crippen LogP contribution is 2.40. The van der Waals surface area contributed by atoms with E-state index in [2.05, 4.69) is 173 Å². The van der Waals surface area contributed by atoms with E-state index < -0.39 is 0 Å². The predicted molar refractivity (Wildman–Crippen MR) is 207 cm³/mol. The van der Waals surface area contributed by atoms with Crippen LogP contribution in [0.15, 0.2) is 182 Å². The molecule has 0 radical (unpaired) electrons. The van der Waals surface area contributed by atoms with Gasteiger partial charge in [0.25, 0.3) is 0 Å². The first-order valence-electron chi connectivity index (χ1n) is 16.9. The molecule has 0 saturated heterocycles. The molecule has 4 heteroatoms. The van der Waals surface area contributed by atoms with Crippen molar-refractivity contribution in [3.63, 3.8) is 0 Å². The Kier molecular flexibility index (Phi) is 6.46. The molecular weight excluding hydrogens is 609 g/mol. The quantitative estimate of drug-likeness (QED) is 0.188. The van der Waals surface area contributed by atoms with Crippen molar-refractivity contribution in [1.29, 1.82) is 0 Å². The Morgan fingerprint density at radius 3 is 1.58 bits per heavy atom. The summed E-state index contributed by atoms with van der Waals surface area (Å²) in [6.07, 6.45) is 0. The molecule has 234 valence electrons. The van der Waals surface area contributed by atoms with Gasteiger partial charge in [-0.2, -0.15) is 0 Å². The van der Waals surface area contributed by atoms with Crippen molar-refractivity contribution in [2.75, 3.05) is 0 Å². The van der Waals surface area contributed by atoms with Crippen molar-refractivity contribution < 1.29 is 0 Å². The van der Waals surface area contributed by atoms with Crippen molar-refractivity contribution >= 4 is 43.7 Å². The lowest BCUT2D eigenvalue weighted by molar-refractivity contribution is 1.11. The fraction of sp³-hybridized carbons (Fsp3) is 0. The van der Waals surface area contributed by atoms with E-state index in [0.29, 0.717) is 5.82 Å². The van der Waals surface area contributed by atoms with Crippen LogP contribution in [0.25, 0.3) is 88.9 Å². The van der Waals surface area contributed by atoms with Gasteiger partial charge >= 0.3 is 0 Å². The second-order valence-electron chi connectivity index (χ2n) is 12.6. The predicted octanol–water partition coefficient (Wildman–Crippen LogP) is 11.7. The molecule has 0 amide bonds. The number of fused-ring (bicyclic) bond motifs is 6. The molecule has 0 aliphatic carbocycles. The fourth-order valence-corrected chi connectivity index (χ4v) is 7.45. The van der Waals surface area contributed by atoms with Crippen LogP contribution in [0, 0.1) is 0 Å². The zero-order chi connectivity index (χ0) is 33.0. The Balaban J connectivity index is 1.23. The standard InChI is InChI=1S/C46H30N4/c1-4-14-31(15-5-1)32-24-27-36(28-25-32)49-40-22-12-10-20-37(40)39-30-34(26-29-42(39)49)44-43-38-21-11-13-23-41(38)50(35-18-8-3-9-19-35)46(43)48-45(47-44)33-16-6-2-7-17-33/h1-30H. The number of rotatable bonds is 5. The van der Waals surface area contributed by atoms with Crippen molar-refractivity contribution in [2.24, 2.45) is 0 Å². The first-order valence-corrected chi connectivity index (χ1v) is 16.9. The third kappa shape index (κ3) is 4.46. The molecular formula is C46H30N4. The van der Waals surface area contributed by atoms with Crippen molar-refractivity contribution in [2.45, 2.75) is 0 Å². The Morgan fingerprint density at radius 2 is 0.860 bits per heavy atom. The second-order valence-corrected chi connectivity index (χ2v) is 12.6. The molecule has 0 spiro atoms. The van der Waals surface area contributed by atoms with Gasteiger partial charge in [0.1, 0.15) is 5.65 Å². The number of hydrogen-bond acceptors (Lipinski definition) is 2. The smallest absolute Gasteiger partial charge is 0.162 e. The van der Waals surface area contributed by atoms with E-state index in [9.17, 15) is 0 Å². The summed E-state index contributed by atoms with van der Waals surface area (Å²) in [5, 5.41) is 4.56. The average molecular weight is 639 g/mol. The molecule has 0 N–H and O–H groups in total. The third-order valence-electron chi connectivity index (χ3n) is 9.74. The summed E-state index contributed by atoms with van der Waals surface area (Å²) in [5.74, 6) is 0.703. The van der Waals surface area contributed by atoms with Gasteiger partial charge in [0.05, 0.1) is 27.6 Å². The number of hydrogen-bond donors (Lipinski definition) is 0. The first kappa shape index (κ1) is 28.3. The molecule has 0 fully saturated rings. The van der Waals surface area contributed by atoms with Crippen LogP contribution in [0.4, 0.5) is 0 Å². The topological polar surface area (TPSA) is 35.6 Å². The number of benzene rings is 7. The number of aromatic nitrogens is 4. The van der Waals surface area contributed by atoms with Crippen LogP contribution in [-0.4, -0.2) is 19.1 Å². The summed E-state index contributed by atoms with van der Waals surface area (Å²) in [5.41, 5.74) is 11.9. The van der Waals surface area contributed by atoms with E-state index in [-0.39, 0.29) is 0 Å². The molecule has 4 nitrogen and oxygen atoms in total. The van der Waals surface area contributed by atoms with Gasteiger partial charge in [-0.1, -0.05) is 133 Å². The lowest BCUT2D eigenvalue weighted by Gasteiger charge is -2.11. The Bertz CT molecular complexity index is 2830. The van der Waals surface area contributed by atoms with Crippen LogP contribution >= 0.6 is 0 Å². The van der Waals surface area contributed by atoms with Gasteiger partial charge < -0.3 is 4.57 Å². The average Bonchev–Trinajstić information content (AvgIpc) is 3.71. The van der Waals surface area contributed by atoms with Crippen molar-refractivity contribution in [1.82, 2.24) is 19.1 Å². The van der Waals surface area contributed by atoms with E-state index in [0.717, 1.165) is 55.6 Å². The Hall–Kier alpha value is -6.78. The molecule has 50 heavy (non-hydrogen) atoms. The molecule has 3 aromatic heterocycles. The summed E-state index contributed by atoms with van der Waals surface area (Å²) < 4.78 is 4.64. The highest BCUT2D eigenvalue weighted by Gasteiger charge is 2.22. The molecule has 0 aliphatic heterocycles. The normalized spacial score (nSPS) is 11.6. The Labute approximate surface area is 289 Å². The second kappa shape index (κ2) is 11.4. The van der Waals surface area contributed by atoms with Crippen molar-refractivity contribution in [3.05, 3.63) is 182 Å². The maximum atomic E-state index is 5.36. The molecule has 10 rings (SSSR count). The zero-order valence-corrected chi connectivity index (χ0v) is 27.1. The van der Waals surface area contributed by atoms with Gasteiger partial charge in [0.15, 0.2) is 5.82 Å². The van der Waals surface area contributed by atoms with E-state index >= 15 is 0 Å². The van der Waals surface area contributed by atoms with Crippen LogP contribution in [0.2, 0.25) is 0 Å². The minimum atomic E-state index is 0.703. The first-order chi connectivity index (χ1) is 24.8. The van der Waals surface area contributed by atoms with E-state index in [1.165, 1.54) is 27.4 Å². The summed E-state index contributed by atoms with van der Waals surface area (Å²) in [4.78, 5) is 10.6. The number of nitrogens with zero attached hydrogens (tertiary/aromatic N) is 4. The van der Waals surface area contributed by atoms with Crippen LogP contribution in [-0.2, 0) is 0 Å². The van der Waals surface area contributed by atoms with E-state index in [4.69, 9.17) is 9.97 Å². The van der Waals surface area contributed by atoms with Gasteiger partial charge in [-0.05, 0) is 59.7 Å². The van der Waals surface area contributed by atoms with Crippen LogP contribution in [0.1, 0.15) is 0 Å². The molecule has 0 unspecified atom stereocenters. The lowest BCUT2D eigenvalue weighted by Crippen LogP contribution is -1.99. The van der Waals surface area contributed by atoms with Crippen LogP contribution in [0.3, 0.4) is 0 Å². The summed E-state index contributed by atoms with van der Waals surface area (Å²) in [6, 6.07) is 64.2. The van der Waals surface area contributed by atoms with Gasteiger partial charge in [-0.3, -0.25) is 4.57 Å². The summed E-state index contributed by atoms with van der Waals surface area (Å²) >= 11 is 0. The fourth-order valence-electron chi connectivity index (χ4n) is 7.45. The Morgan fingerprint density at radius 1 is 0.340 bits per heavy atom. The van der Waals surface area contributed by atoms with Gasteiger partial charge in [-0.15, -0.1) is 0 Å². The van der Waals surface area contributed by atoms with Crippen molar-refractivity contribution in [3.8, 4) is 45.1 Å². The molecule has 7 aromatic carbocycles. The van der Waals surface area contributed by atoms with Crippen LogP contribution < -0.4 is 0 Å². The molecule has 0 atom stereocenters. The molecule has 3 heterocycles.